The predicted molar refractivity (Wildman–Crippen MR) is 79.5 cm³/mol. The third kappa shape index (κ3) is 3.49. The Bertz CT molecular complexity index is 442. The second-order valence-corrected chi connectivity index (χ2v) is 5.79. The molecule has 3 heteroatoms. The summed E-state index contributed by atoms with van der Waals surface area (Å²) in [6, 6.07) is 8.38. The van der Waals surface area contributed by atoms with E-state index in [1.165, 1.54) is 25.7 Å². The molecule has 1 aliphatic rings. The van der Waals surface area contributed by atoms with Crippen molar-refractivity contribution in [3.63, 3.8) is 0 Å². The molecule has 0 bridgehead atoms. The quantitative estimate of drug-likeness (QED) is 0.903. The molecule has 0 aromatic heterocycles. The molecule has 0 aliphatic heterocycles. The molecule has 0 heterocycles. The summed E-state index contributed by atoms with van der Waals surface area (Å²) < 4.78 is 0. The summed E-state index contributed by atoms with van der Waals surface area (Å²) in [5.74, 6) is 0.766. The van der Waals surface area contributed by atoms with Crippen LogP contribution in [0.1, 0.15) is 43.0 Å². The van der Waals surface area contributed by atoms with E-state index in [1.54, 1.807) is 19.0 Å². The summed E-state index contributed by atoms with van der Waals surface area (Å²) in [5.41, 5.74) is 1.81. The fraction of sp³-hybridized carbons (Fsp3) is 0.562. The molecule has 1 fully saturated rings. The van der Waals surface area contributed by atoms with E-state index >= 15 is 0 Å². The van der Waals surface area contributed by atoms with E-state index in [1.807, 2.05) is 24.3 Å². The molecular formula is C16H24N2O. The summed E-state index contributed by atoms with van der Waals surface area (Å²) in [5, 5.41) is 3.59. The zero-order chi connectivity index (χ0) is 13.8. The van der Waals surface area contributed by atoms with Crippen LogP contribution in [0.5, 0.6) is 0 Å². The molecule has 104 valence electrons. The maximum Gasteiger partial charge on any atom is 0.253 e. The Morgan fingerprint density at radius 3 is 2.68 bits per heavy atom. The average molecular weight is 260 g/mol. The number of hydrogen-bond acceptors (Lipinski definition) is 2. The SMILES string of the molecule is CC1CCCCC1Nc1cccc(C(=O)N(C)C)c1. The standard InChI is InChI=1S/C16H24N2O/c1-12-7-4-5-10-15(12)17-14-9-6-8-13(11-14)16(19)18(2)3/h6,8-9,11-12,15,17H,4-5,7,10H2,1-3H3. The maximum atomic E-state index is 12.0. The number of carbonyl (C=O) groups excluding carboxylic acids is 1. The van der Waals surface area contributed by atoms with Gasteiger partial charge >= 0.3 is 0 Å². The van der Waals surface area contributed by atoms with E-state index in [2.05, 4.69) is 12.2 Å². The topological polar surface area (TPSA) is 32.3 Å². The Balaban J connectivity index is 2.08. The van der Waals surface area contributed by atoms with E-state index in [0.717, 1.165) is 11.3 Å². The van der Waals surface area contributed by atoms with Crippen molar-refractivity contribution in [3.8, 4) is 0 Å². The zero-order valence-corrected chi connectivity index (χ0v) is 12.1. The Morgan fingerprint density at radius 2 is 2.00 bits per heavy atom. The highest BCUT2D eigenvalue weighted by Crippen LogP contribution is 2.27. The zero-order valence-electron chi connectivity index (χ0n) is 12.1. The van der Waals surface area contributed by atoms with E-state index in [0.29, 0.717) is 12.0 Å². The van der Waals surface area contributed by atoms with E-state index < -0.39 is 0 Å². The van der Waals surface area contributed by atoms with Gasteiger partial charge in [-0.3, -0.25) is 4.79 Å². The van der Waals surface area contributed by atoms with Crippen LogP contribution in [0.15, 0.2) is 24.3 Å². The van der Waals surface area contributed by atoms with E-state index in [-0.39, 0.29) is 5.91 Å². The summed E-state index contributed by atoms with van der Waals surface area (Å²) in [6.45, 7) is 2.31. The molecule has 2 rings (SSSR count). The van der Waals surface area contributed by atoms with Crippen LogP contribution >= 0.6 is 0 Å². The number of amides is 1. The third-order valence-electron chi connectivity index (χ3n) is 3.98. The van der Waals surface area contributed by atoms with Gasteiger partial charge in [-0.2, -0.15) is 0 Å². The van der Waals surface area contributed by atoms with Crippen molar-refractivity contribution in [1.82, 2.24) is 4.90 Å². The van der Waals surface area contributed by atoms with Crippen molar-refractivity contribution in [2.75, 3.05) is 19.4 Å². The number of nitrogens with one attached hydrogen (secondary N) is 1. The highest BCUT2D eigenvalue weighted by molar-refractivity contribution is 5.94. The van der Waals surface area contributed by atoms with Crippen LogP contribution in [0, 0.1) is 5.92 Å². The Hall–Kier alpha value is -1.51. The van der Waals surface area contributed by atoms with Gasteiger partial charge in [0.1, 0.15) is 0 Å². The van der Waals surface area contributed by atoms with Gasteiger partial charge in [0.2, 0.25) is 0 Å². The van der Waals surface area contributed by atoms with Crippen LogP contribution < -0.4 is 5.32 Å². The fourth-order valence-corrected chi connectivity index (χ4v) is 2.74. The van der Waals surface area contributed by atoms with Crippen LogP contribution in [-0.4, -0.2) is 30.9 Å². The summed E-state index contributed by atoms with van der Waals surface area (Å²) >= 11 is 0. The maximum absolute atomic E-state index is 12.0. The van der Waals surface area contributed by atoms with Crippen molar-refractivity contribution in [2.45, 2.75) is 38.6 Å². The molecule has 1 saturated carbocycles. The van der Waals surface area contributed by atoms with Crippen molar-refractivity contribution >= 4 is 11.6 Å². The molecule has 1 aliphatic carbocycles. The van der Waals surface area contributed by atoms with Crippen LogP contribution in [0.25, 0.3) is 0 Å². The smallest absolute Gasteiger partial charge is 0.253 e. The lowest BCUT2D eigenvalue weighted by Crippen LogP contribution is -2.30. The van der Waals surface area contributed by atoms with Gasteiger partial charge in [-0.25, -0.2) is 0 Å². The molecule has 1 amide bonds. The van der Waals surface area contributed by atoms with Crippen molar-refractivity contribution in [2.24, 2.45) is 5.92 Å². The van der Waals surface area contributed by atoms with Crippen LogP contribution in [0.2, 0.25) is 0 Å². The van der Waals surface area contributed by atoms with Crippen molar-refractivity contribution in [1.29, 1.82) is 0 Å². The number of benzene rings is 1. The lowest BCUT2D eigenvalue weighted by molar-refractivity contribution is 0.0827. The molecule has 2 atom stereocenters. The van der Waals surface area contributed by atoms with Gasteiger partial charge in [0.05, 0.1) is 0 Å². The monoisotopic (exact) mass is 260 g/mol. The number of anilines is 1. The fourth-order valence-electron chi connectivity index (χ4n) is 2.74. The Morgan fingerprint density at radius 1 is 1.26 bits per heavy atom. The number of carbonyl (C=O) groups is 1. The third-order valence-corrected chi connectivity index (χ3v) is 3.98. The first-order valence-corrected chi connectivity index (χ1v) is 7.16. The van der Waals surface area contributed by atoms with E-state index in [4.69, 9.17) is 0 Å². The molecule has 19 heavy (non-hydrogen) atoms. The minimum atomic E-state index is 0.0559. The summed E-state index contributed by atoms with van der Waals surface area (Å²) in [6.07, 6.45) is 5.18. The van der Waals surface area contributed by atoms with Crippen molar-refractivity contribution in [3.05, 3.63) is 29.8 Å². The van der Waals surface area contributed by atoms with Gasteiger partial charge in [-0.05, 0) is 37.0 Å². The number of rotatable bonds is 3. The van der Waals surface area contributed by atoms with Crippen LogP contribution in [0.3, 0.4) is 0 Å². The van der Waals surface area contributed by atoms with Crippen molar-refractivity contribution < 1.29 is 4.79 Å². The van der Waals surface area contributed by atoms with Gasteiger partial charge in [-0.1, -0.05) is 25.8 Å². The lowest BCUT2D eigenvalue weighted by atomic mass is 9.86. The minimum absolute atomic E-state index is 0.0559. The molecule has 0 spiro atoms. The predicted octanol–water partition coefficient (Wildman–Crippen LogP) is 3.38. The molecule has 0 radical (unpaired) electrons. The minimum Gasteiger partial charge on any atom is -0.382 e. The van der Waals surface area contributed by atoms with Gasteiger partial charge in [0.15, 0.2) is 0 Å². The second-order valence-electron chi connectivity index (χ2n) is 5.79. The first kappa shape index (κ1) is 13.9. The molecule has 1 aromatic rings. The normalized spacial score (nSPS) is 22.9. The Labute approximate surface area is 116 Å². The molecular weight excluding hydrogens is 236 g/mol. The second kappa shape index (κ2) is 6.09. The highest BCUT2D eigenvalue weighted by atomic mass is 16.2. The molecule has 3 nitrogen and oxygen atoms in total. The summed E-state index contributed by atoms with van der Waals surface area (Å²) in [4.78, 5) is 13.6. The van der Waals surface area contributed by atoms with Gasteiger partial charge in [-0.15, -0.1) is 0 Å². The van der Waals surface area contributed by atoms with Gasteiger partial charge in [0, 0.05) is 31.4 Å². The Kier molecular flexibility index (Phi) is 4.46. The van der Waals surface area contributed by atoms with Gasteiger partial charge in [0.25, 0.3) is 5.91 Å². The largest absolute Gasteiger partial charge is 0.382 e. The molecule has 0 saturated heterocycles. The van der Waals surface area contributed by atoms with Crippen LogP contribution in [-0.2, 0) is 0 Å². The van der Waals surface area contributed by atoms with Gasteiger partial charge < -0.3 is 10.2 Å². The lowest BCUT2D eigenvalue weighted by Gasteiger charge is -2.30. The average Bonchev–Trinajstić information content (AvgIpc) is 2.41. The van der Waals surface area contributed by atoms with E-state index in [9.17, 15) is 4.79 Å². The molecule has 1 N–H and O–H groups in total. The summed E-state index contributed by atoms with van der Waals surface area (Å²) in [7, 11) is 3.57. The molecule has 2 unspecified atom stereocenters. The molecule has 1 aromatic carbocycles. The first-order valence-electron chi connectivity index (χ1n) is 7.16. The number of hydrogen-bond donors (Lipinski definition) is 1. The highest BCUT2D eigenvalue weighted by Gasteiger charge is 2.21. The van der Waals surface area contributed by atoms with Crippen LogP contribution in [0.4, 0.5) is 5.69 Å². The first-order chi connectivity index (χ1) is 9.08. The number of nitrogens with zero attached hydrogens (tertiary/aromatic N) is 1.